The van der Waals surface area contributed by atoms with Crippen molar-refractivity contribution in [1.29, 1.82) is 0 Å². The average molecular weight is 431 g/mol. The summed E-state index contributed by atoms with van der Waals surface area (Å²) in [5, 5.41) is 3.23. The van der Waals surface area contributed by atoms with E-state index in [4.69, 9.17) is 9.47 Å². The predicted molar refractivity (Wildman–Crippen MR) is 120 cm³/mol. The van der Waals surface area contributed by atoms with Crippen molar-refractivity contribution < 1.29 is 14.3 Å². The van der Waals surface area contributed by atoms with E-state index >= 15 is 0 Å². The van der Waals surface area contributed by atoms with E-state index < -0.39 is 17.2 Å². The number of carbonyl (C=O) groups is 1. The van der Waals surface area contributed by atoms with Gasteiger partial charge in [0.05, 0.1) is 25.5 Å². The van der Waals surface area contributed by atoms with Crippen molar-refractivity contribution >= 4 is 17.3 Å². The summed E-state index contributed by atoms with van der Waals surface area (Å²) in [7, 11) is 6.11. The Balaban J connectivity index is 1.87. The van der Waals surface area contributed by atoms with Gasteiger partial charge in [0, 0.05) is 36.7 Å². The van der Waals surface area contributed by atoms with E-state index in [2.05, 4.69) is 5.32 Å². The Morgan fingerprint density at radius 3 is 2.25 bits per heavy atom. The molecule has 1 atom stereocenters. The van der Waals surface area contributed by atoms with E-state index in [9.17, 15) is 14.4 Å². The molecule has 0 spiro atoms. The number of hydrogen-bond donors (Lipinski definition) is 1. The molecule has 8 heteroatoms. The lowest BCUT2D eigenvalue weighted by molar-refractivity contribution is 0.103. The Kier molecular flexibility index (Phi) is 4.33. The fraction of sp³-hybridized carbons (Fsp3) is 0.208. The quantitative estimate of drug-likeness (QED) is 0.684. The number of carbonyl (C=O) groups excluding carboxylic acids is 1. The zero-order valence-electron chi connectivity index (χ0n) is 18.1. The molecule has 0 saturated heterocycles. The van der Waals surface area contributed by atoms with Gasteiger partial charge in [-0.25, -0.2) is 4.79 Å². The smallest absolute Gasteiger partial charge is 0.332 e. The highest BCUT2D eigenvalue weighted by Crippen LogP contribution is 2.48. The number of rotatable bonds is 3. The second kappa shape index (κ2) is 6.98. The van der Waals surface area contributed by atoms with Crippen molar-refractivity contribution in [3.63, 3.8) is 0 Å². The van der Waals surface area contributed by atoms with Crippen LogP contribution in [0.3, 0.4) is 0 Å². The van der Waals surface area contributed by atoms with Crippen LogP contribution < -0.4 is 26.0 Å². The summed E-state index contributed by atoms with van der Waals surface area (Å²) in [4.78, 5) is 39.5. The summed E-state index contributed by atoms with van der Waals surface area (Å²) < 4.78 is 13.3. The van der Waals surface area contributed by atoms with Gasteiger partial charge in [-0.1, -0.05) is 30.3 Å². The highest BCUT2D eigenvalue weighted by atomic mass is 16.5. The van der Waals surface area contributed by atoms with Gasteiger partial charge < -0.3 is 14.8 Å². The number of Topliss-reactive ketones (excluding diaryl/α,β-unsaturated/α-hetero) is 1. The van der Waals surface area contributed by atoms with Gasteiger partial charge in [-0.3, -0.25) is 18.7 Å². The number of benzene rings is 2. The first-order chi connectivity index (χ1) is 15.4. The lowest BCUT2D eigenvalue weighted by atomic mass is 9.81. The molecular weight excluding hydrogens is 410 g/mol. The van der Waals surface area contributed by atoms with Crippen LogP contribution in [0.2, 0.25) is 0 Å². The van der Waals surface area contributed by atoms with Gasteiger partial charge >= 0.3 is 5.69 Å². The number of aromatic nitrogens is 2. The Hall–Kier alpha value is -4.07. The molecule has 3 aromatic rings. The van der Waals surface area contributed by atoms with Crippen LogP contribution in [-0.2, 0) is 14.1 Å². The van der Waals surface area contributed by atoms with E-state index in [1.807, 2.05) is 24.3 Å². The third-order valence-electron chi connectivity index (χ3n) is 6.22. The standard InChI is InChI=1S/C24H21N3O5/c1-26-22-19(23(29)27(2)24(26)30)17(12-9-10-15(31-3)16(11-12)32-4)18-20(25-22)13-7-5-6-8-14(13)21(18)28/h5-11,17,25H,1-4H3. The molecule has 2 aromatic carbocycles. The molecule has 162 valence electrons. The molecule has 5 rings (SSSR count). The van der Waals surface area contributed by atoms with Crippen LogP contribution in [0.15, 0.2) is 57.6 Å². The molecular formula is C24H21N3O5. The topological polar surface area (TPSA) is 91.6 Å². The largest absolute Gasteiger partial charge is 0.493 e. The summed E-state index contributed by atoms with van der Waals surface area (Å²) in [5.74, 6) is 0.558. The van der Waals surface area contributed by atoms with Gasteiger partial charge in [0.1, 0.15) is 5.82 Å². The number of ether oxygens (including phenoxy) is 2. The molecule has 1 aliphatic heterocycles. The summed E-state index contributed by atoms with van der Waals surface area (Å²) in [6.07, 6.45) is 0. The van der Waals surface area contributed by atoms with Crippen molar-refractivity contribution in [1.82, 2.24) is 9.13 Å². The molecule has 8 nitrogen and oxygen atoms in total. The molecule has 0 saturated carbocycles. The minimum Gasteiger partial charge on any atom is -0.493 e. The molecule has 0 fully saturated rings. The van der Waals surface area contributed by atoms with Crippen LogP contribution >= 0.6 is 0 Å². The summed E-state index contributed by atoms with van der Waals surface area (Å²) in [6, 6.07) is 12.6. The Morgan fingerprint density at radius 1 is 0.875 bits per heavy atom. The first-order valence-electron chi connectivity index (χ1n) is 10.1. The van der Waals surface area contributed by atoms with Crippen molar-refractivity contribution in [2.75, 3.05) is 19.5 Å². The van der Waals surface area contributed by atoms with Crippen molar-refractivity contribution in [2.24, 2.45) is 14.1 Å². The minimum absolute atomic E-state index is 0.149. The molecule has 0 bridgehead atoms. The van der Waals surface area contributed by atoms with Crippen molar-refractivity contribution in [3.8, 4) is 11.5 Å². The van der Waals surface area contributed by atoms with Gasteiger partial charge in [-0.15, -0.1) is 0 Å². The predicted octanol–water partition coefficient (Wildman–Crippen LogP) is 2.27. The zero-order chi connectivity index (χ0) is 22.7. The number of nitrogens with one attached hydrogen (secondary N) is 1. The molecule has 0 radical (unpaired) electrons. The number of anilines is 1. The average Bonchev–Trinajstić information content (AvgIpc) is 3.11. The van der Waals surface area contributed by atoms with Gasteiger partial charge in [-0.05, 0) is 17.7 Å². The molecule has 1 aliphatic carbocycles. The summed E-state index contributed by atoms with van der Waals surface area (Å²) in [6.45, 7) is 0. The van der Waals surface area contributed by atoms with Crippen LogP contribution in [0.5, 0.6) is 11.5 Å². The normalized spacial score (nSPS) is 16.2. The first kappa shape index (κ1) is 19.9. The number of nitrogens with zero attached hydrogens (tertiary/aromatic N) is 2. The Morgan fingerprint density at radius 2 is 1.56 bits per heavy atom. The highest BCUT2D eigenvalue weighted by Gasteiger charge is 2.42. The van der Waals surface area contributed by atoms with E-state index in [1.54, 1.807) is 32.4 Å². The van der Waals surface area contributed by atoms with Gasteiger partial charge in [0.25, 0.3) is 5.56 Å². The van der Waals surface area contributed by atoms with Crippen LogP contribution in [0.1, 0.15) is 33.0 Å². The number of fused-ring (bicyclic) bond motifs is 3. The maximum atomic E-state index is 13.5. The second-order valence-corrected chi connectivity index (χ2v) is 7.80. The number of allylic oxidation sites excluding steroid dienone is 1. The molecule has 0 amide bonds. The molecule has 2 heterocycles. The van der Waals surface area contributed by atoms with Crippen molar-refractivity contribution in [3.05, 3.63) is 91.1 Å². The van der Waals surface area contributed by atoms with Gasteiger partial charge in [0.15, 0.2) is 17.3 Å². The van der Waals surface area contributed by atoms with E-state index in [1.165, 1.54) is 18.7 Å². The lowest BCUT2D eigenvalue weighted by Gasteiger charge is -2.30. The fourth-order valence-corrected chi connectivity index (χ4v) is 4.62. The molecule has 1 aromatic heterocycles. The monoisotopic (exact) mass is 431 g/mol. The third-order valence-corrected chi connectivity index (χ3v) is 6.22. The zero-order valence-corrected chi connectivity index (χ0v) is 18.1. The summed E-state index contributed by atoms with van der Waals surface area (Å²) >= 11 is 0. The first-order valence-corrected chi connectivity index (χ1v) is 10.1. The fourth-order valence-electron chi connectivity index (χ4n) is 4.62. The second-order valence-electron chi connectivity index (χ2n) is 7.80. The number of methoxy groups -OCH3 is 2. The summed E-state index contributed by atoms with van der Waals surface area (Å²) in [5.41, 5.74) is 2.51. The van der Waals surface area contributed by atoms with Crippen molar-refractivity contribution in [2.45, 2.75) is 5.92 Å². The van der Waals surface area contributed by atoms with Crippen LogP contribution in [0, 0.1) is 0 Å². The van der Waals surface area contributed by atoms with E-state index in [0.717, 1.165) is 10.1 Å². The maximum absolute atomic E-state index is 13.5. The van der Waals surface area contributed by atoms with Crippen LogP contribution in [0.4, 0.5) is 5.82 Å². The lowest BCUT2D eigenvalue weighted by Crippen LogP contribution is -2.42. The van der Waals surface area contributed by atoms with Crippen LogP contribution in [-0.4, -0.2) is 29.1 Å². The molecule has 32 heavy (non-hydrogen) atoms. The number of ketones is 1. The Labute approximate surface area is 183 Å². The molecule has 1 N–H and O–H groups in total. The van der Waals surface area contributed by atoms with E-state index in [-0.39, 0.29) is 5.78 Å². The minimum atomic E-state index is -0.688. The molecule has 2 aliphatic rings. The highest BCUT2D eigenvalue weighted by molar-refractivity contribution is 6.23. The van der Waals surface area contributed by atoms with Gasteiger partial charge in [0.2, 0.25) is 0 Å². The SMILES string of the molecule is COc1ccc(C2C3=C(Nc4c2c(=O)n(C)c(=O)n4C)c2ccccc2C3=O)cc1OC. The molecule has 1 unspecified atom stereocenters. The van der Waals surface area contributed by atoms with Gasteiger partial charge in [-0.2, -0.15) is 0 Å². The van der Waals surface area contributed by atoms with Crippen LogP contribution in [0.25, 0.3) is 5.70 Å². The Bertz CT molecular complexity index is 1460. The van der Waals surface area contributed by atoms with E-state index in [0.29, 0.717) is 45.3 Å². The third kappa shape index (κ3) is 2.52. The number of hydrogen-bond acceptors (Lipinski definition) is 6. The maximum Gasteiger partial charge on any atom is 0.332 e.